The fourth-order valence-electron chi connectivity index (χ4n) is 3.88. The van der Waals surface area contributed by atoms with Gasteiger partial charge >= 0.3 is 0 Å². The molecule has 1 N–H and O–H groups in total. The topological polar surface area (TPSA) is 84.7 Å². The second kappa shape index (κ2) is 8.82. The summed E-state index contributed by atoms with van der Waals surface area (Å²) in [6, 6.07) is 19.6. The summed E-state index contributed by atoms with van der Waals surface area (Å²) in [6.07, 6.45) is 0.732. The van der Waals surface area contributed by atoms with Gasteiger partial charge in [-0.05, 0) is 72.6 Å². The Kier molecular flexibility index (Phi) is 5.55. The van der Waals surface area contributed by atoms with Crippen molar-refractivity contribution in [2.45, 2.75) is 6.42 Å². The van der Waals surface area contributed by atoms with E-state index in [2.05, 4.69) is 10.5 Å². The number of aromatic nitrogens is 1. The minimum Gasteiger partial charge on any atom is -0.497 e. The first-order valence-electron chi connectivity index (χ1n) is 10.6. The predicted molar refractivity (Wildman–Crippen MR) is 125 cm³/mol. The van der Waals surface area contributed by atoms with Crippen molar-refractivity contribution < 1.29 is 23.2 Å². The van der Waals surface area contributed by atoms with E-state index >= 15 is 0 Å². The minimum absolute atomic E-state index is 0.0889. The van der Waals surface area contributed by atoms with Crippen molar-refractivity contribution in [3.05, 3.63) is 95.4 Å². The normalized spacial score (nSPS) is 12.4. The van der Waals surface area contributed by atoms with Crippen LogP contribution in [-0.2, 0) is 6.42 Å². The van der Waals surface area contributed by atoms with E-state index in [1.54, 1.807) is 60.5 Å². The highest BCUT2D eigenvalue weighted by Crippen LogP contribution is 2.32. The monoisotopic (exact) mass is 457 g/mol. The number of nitrogens with zero attached hydrogens (tertiary/aromatic N) is 2. The summed E-state index contributed by atoms with van der Waals surface area (Å²) in [7, 11) is 1.58. The van der Waals surface area contributed by atoms with Crippen molar-refractivity contribution in [3.8, 4) is 17.1 Å². The van der Waals surface area contributed by atoms with Crippen LogP contribution in [0.1, 0.15) is 26.4 Å². The van der Waals surface area contributed by atoms with E-state index in [1.807, 2.05) is 6.07 Å². The van der Waals surface area contributed by atoms with Gasteiger partial charge in [-0.2, -0.15) is 0 Å². The van der Waals surface area contributed by atoms with Gasteiger partial charge in [0, 0.05) is 35.1 Å². The number of amides is 2. The molecule has 0 fully saturated rings. The number of carbonyl (C=O) groups excluding carboxylic acids is 2. The molecule has 2 amide bonds. The average Bonchev–Trinajstić information content (AvgIpc) is 3.52. The Bertz CT molecular complexity index is 1360. The SMILES string of the molecule is COc1ccc(C(=O)N2CCc3ccc(NC(=O)c4cc(-c5ccc(F)cc5)on4)cc32)cc1. The number of rotatable bonds is 5. The van der Waals surface area contributed by atoms with E-state index in [1.165, 1.54) is 18.2 Å². The van der Waals surface area contributed by atoms with Crippen LogP contribution in [0.2, 0.25) is 0 Å². The summed E-state index contributed by atoms with van der Waals surface area (Å²) in [5.41, 5.74) is 3.57. The number of fused-ring (bicyclic) bond motifs is 1. The lowest BCUT2D eigenvalue weighted by atomic mass is 10.1. The van der Waals surface area contributed by atoms with Crippen LogP contribution >= 0.6 is 0 Å². The lowest BCUT2D eigenvalue weighted by Crippen LogP contribution is -2.28. The van der Waals surface area contributed by atoms with Gasteiger partial charge in [-0.1, -0.05) is 11.2 Å². The molecule has 7 nitrogen and oxygen atoms in total. The molecule has 0 spiro atoms. The highest BCUT2D eigenvalue weighted by molar-refractivity contribution is 6.08. The molecule has 1 aliphatic rings. The summed E-state index contributed by atoms with van der Waals surface area (Å²) in [4.78, 5) is 27.5. The fourth-order valence-corrected chi connectivity index (χ4v) is 3.88. The summed E-state index contributed by atoms with van der Waals surface area (Å²) < 4.78 is 23.5. The molecule has 0 saturated heterocycles. The Hall–Kier alpha value is -4.46. The third kappa shape index (κ3) is 4.13. The van der Waals surface area contributed by atoms with E-state index in [0.717, 1.165) is 17.7 Å². The number of hydrogen-bond acceptors (Lipinski definition) is 5. The van der Waals surface area contributed by atoms with Crippen LogP contribution in [0.3, 0.4) is 0 Å². The Morgan fingerprint density at radius 2 is 1.79 bits per heavy atom. The molecule has 4 aromatic rings. The molecule has 1 aliphatic heterocycles. The van der Waals surface area contributed by atoms with Crippen LogP contribution in [0.5, 0.6) is 5.75 Å². The number of methoxy groups -OCH3 is 1. The first kappa shape index (κ1) is 21.4. The minimum atomic E-state index is -0.455. The summed E-state index contributed by atoms with van der Waals surface area (Å²) >= 11 is 0. The van der Waals surface area contributed by atoms with Crippen LogP contribution in [0.4, 0.5) is 15.8 Å². The van der Waals surface area contributed by atoms with Gasteiger partial charge in [0.1, 0.15) is 11.6 Å². The Balaban J connectivity index is 1.33. The molecule has 8 heteroatoms. The zero-order valence-electron chi connectivity index (χ0n) is 18.2. The van der Waals surface area contributed by atoms with Crippen LogP contribution in [0, 0.1) is 5.82 Å². The highest BCUT2D eigenvalue weighted by Gasteiger charge is 2.26. The quantitative estimate of drug-likeness (QED) is 0.459. The first-order chi connectivity index (χ1) is 16.5. The average molecular weight is 457 g/mol. The maximum absolute atomic E-state index is 13.1. The summed E-state index contributed by atoms with van der Waals surface area (Å²) in [6.45, 7) is 0.557. The van der Waals surface area contributed by atoms with E-state index in [-0.39, 0.29) is 17.4 Å². The fraction of sp³-hybridized carbons (Fsp3) is 0.115. The second-order valence-corrected chi connectivity index (χ2v) is 7.82. The molecule has 0 unspecified atom stereocenters. The number of benzene rings is 3. The van der Waals surface area contributed by atoms with E-state index in [0.29, 0.717) is 34.9 Å². The number of anilines is 2. The molecule has 34 heavy (non-hydrogen) atoms. The van der Waals surface area contributed by atoms with Gasteiger partial charge in [0.15, 0.2) is 11.5 Å². The molecule has 5 rings (SSSR count). The zero-order chi connectivity index (χ0) is 23.7. The van der Waals surface area contributed by atoms with E-state index < -0.39 is 5.91 Å². The van der Waals surface area contributed by atoms with Gasteiger partial charge in [0.2, 0.25) is 0 Å². The summed E-state index contributed by atoms with van der Waals surface area (Å²) in [5.74, 6) is 0.0972. The maximum atomic E-state index is 13.1. The smallest absolute Gasteiger partial charge is 0.277 e. The van der Waals surface area contributed by atoms with Crippen molar-refractivity contribution in [1.29, 1.82) is 0 Å². The van der Waals surface area contributed by atoms with Crippen LogP contribution in [0.15, 0.2) is 77.3 Å². The molecular formula is C26H20FN3O4. The van der Waals surface area contributed by atoms with Crippen molar-refractivity contribution in [2.75, 3.05) is 23.9 Å². The predicted octanol–water partition coefficient (Wildman–Crippen LogP) is 4.94. The second-order valence-electron chi connectivity index (χ2n) is 7.82. The third-order valence-corrected chi connectivity index (χ3v) is 5.69. The lowest BCUT2D eigenvalue weighted by molar-refractivity contribution is 0.0987. The molecular weight excluding hydrogens is 437 g/mol. The van der Waals surface area contributed by atoms with Gasteiger partial charge in [0.05, 0.1) is 7.11 Å². The summed E-state index contributed by atoms with van der Waals surface area (Å²) in [5, 5.41) is 6.63. The van der Waals surface area contributed by atoms with E-state index in [4.69, 9.17) is 9.26 Å². The van der Waals surface area contributed by atoms with Gasteiger partial charge in [0.25, 0.3) is 11.8 Å². The number of nitrogens with one attached hydrogen (secondary N) is 1. The number of hydrogen-bond donors (Lipinski definition) is 1. The molecule has 0 radical (unpaired) electrons. The zero-order valence-corrected chi connectivity index (χ0v) is 18.2. The van der Waals surface area contributed by atoms with Gasteiger partial charge < -0.3 is 19.5 Å². The standard InChI is InChI=1S/C26H20FN3O4/c1-33-21-10-5-18(6-11-21)26(32)30-13-12-16-4-9-20(14-23(16)30)28-25(31)22-15-24(34-29-22)17-2-7-19(27)8-3-17/h2-11,14-15H,12-13H2,1H3,(H,28,31). The molecule has 170 valence electrons. The Morgan fingerprint density at radius 3 is 2.53 bits per heavy atom. The number of carbonyl (C=O) groups is 2. The van der Waals surface area contributed by atoms with Gasteiger partial charge in [-0.25, -0.2) is 4.39 Å². The molecule has 0 bridgehead atoms. The van der Waals surface area contributed by atoms with Crippen LogP contribution < -0.4 is 15.0 Å². The third-order valence-electron chi connectivity index (χ3n) is 5.69. The molecule has 2 heterocycles. The van der Waals surface area contributed by atoms with Crippen molar-refractivity contribution >= 4 is 23.2 Å². The largest absolute Gasteiger partial charge is 0.497 e. The molecule has 0 aliphatic carbocycles. The van der Waals surface area contributed by atoms with Crippen molar-refractivity contribution in [1.82, 2.24) is 5.16 Å². The highest BCUT2D eigenvalue weighted by atomic mass is 19.1. The molecule has 0 atom stereocenters. The first-order valence-corrected chi connectivity index (χ1v) is 10.6. The maximum Gasteiger partial charge on any atom is 0.277 e. The number of halogens is 1. The Morgan fingerprint density at radius 1 is 1.03 bits per heavy atom. The van der Waals surface area contributed by atoms with Crippen molar-refractivity contribution in [2.24, 2.45) is 0 Å². The number of ether oxygens (including phenoxy) is 1. The molecule has 1 aromatic heterocycles. The van der Waals surface area contributed by atoms with Gasteiger partial charge in [-0.15, -0.1) is 0 Å². The van der Waals surface area contributed by atoms with Gasteiger partial charge in [-0.3, -0.25) is 9.59 Å². The Labute approximate surface area is 194 Å². The molecule has 3 aromatic carbocycles. The molecule has 0 saturated carbocycles. The van der Waals surface area contributed by atoms with Crippen LogP contribution in [0.25, 0.3) is 11.3 Å². The van der Waals surface area contributed by atoms with Crippen LogP contribution in [-0.4, -0.2) is 30.6 Å². The van der Waals surface area contributed by atoms with E-state index in [9.17, 15) is 14.0 Å². The lowest BCUT2D eigenvalue weighted by Gasteiger charge is -2.18. The van der Waals surface area contributed by atoms with Crippen molar-refractivity contribution in [3.63, 3.8) is 0 Å².